The highest BCUT2D eigenvalue weighted by atomic mass is 16.4. The van der Waals surface area contributed by atoms with Crippen LogP contribution in [0, 0.1) is 0 Å². The molecular formula is C20H20O4. The van der Waals surface area contributed by atoms with E-state index in [-0.39, 0.29) is 5.57 Å². The minimum absolute atomic E-state index is 0.234. The fourth-order valence-electron chi connectivity index (χ4n) is 2.72. The number of carbonyl (C=O) groups is 2. The van der Waals surface area contributed by atoms with E-state index in [4.69, 9.17) is 10.2 Å². The van der Waals surface area contributed by atoms with Crippen molar-refractivity contribution < 1.29 is 19.8 Å². The number of aliphatic carboxylic acids is 2. The Kier molecular flexibility index (Phi) is 5.90. The van der Waals surface area contributed by atoms with Gasteiger partial charge in [-0.1, -0.05) is 43.0 Å². The molecule has 4 heteroatoms. The Labute approximate surface area is 140 Å². The van der Waals surface area contributed by atoms with Gasteiger partial charge >= 0.3 is 11.9 Å². The molecule has 4 nitrogen and oxygen atoms in total. The predicted octanol–water partition coefficient (Wildman–Crippen LogP) is 4.29. The van der Waals surface area contributed by atoms with Crippen molar-refractivity contribution in [3.8, 4) is 0 Å². The van der Waals surface area contributed by atoms with Crippen LogP contribution in [0.2, 0.25) is 0 Å². The van der Waals surface area contributed by atoms with E-state index in [1.807, 2.05) is 36.4 Å². The fraction of sp³-hybridized carbons (Fsp3) is 0.200. The number of carboxylic acids is 2. The van der Waals surface area contributed by atoms with E-state index in [2.05, 4.69) is 6.58 Å². The lowest BCUT2D eigenvalue weighted by Gasteiger charge is -2.10. The van der Waals surface area contributed by atoms with Gasteiger partial charge in [-0.25, -0.2) is 9.59 Å². The standard InChI is InChI=1S/C20H20O4/c1-14(20(23)24)6-2-3-7-15-8-4-9-16-10-5-11-17(19(15)16)12-13-18(21)22/h4-5,8-13H,1-3,6-7H2,(H,21,22)(H,23,24). The second-order valence-electron chi connectivity index (χ2n) is 5.65. The van der Waals surface area contributed by atoms with Crippen LogP contribution < -0.4 is 0 Å². The SMILES string of the molecule is C=C(CCCCc1cccc2cccc(C=CC(=O)O)c12)C(=O)O. The summed E-state index contributed by atoms with van der Waals surface area (Å²) in [5, 5.41) is 19.8. The van der Waals surface area contributed by atoms with Crippen LogP contribution >= 0.6 is 0 Å². The highest BCUT2D eigenvalue weighted by Crippen LogP contribution is 2.26. The summed E-state index contributed by atoms with van der Waals surface area (Å²) >= 11 is 0. The van der Waals surface area contributed by atoms with Crippen LogP contribution in [0.5, 0.6) is 0 Å². The second kappa shape index (κ2) is 8.11. The van der Waals surface area contributed by atoms with Gasteiger partial charge in [0, 0.05) is 11.6 Å². The van der Waals surface area contributed by atoms with Gasteiger partial charge in [-0.2, -0.15) is 0 Å². The normalized spacial score (nSPS) is 11.0. The Bertz CT molecular complexity index is 797. The van der Waals surface area contributed by atoms with Crippen LogP contribution in [0.4, 0.5) is 0 Å². The summed E-state index contributed by atoms with van der Waals surface area (Å²) in [7, 11) is 0. The van der Waals surface area contributed by atoms with E-state index in [9.17, 15) is 9.59 Å². The molecule has 0 fully saturated rings. The zero-order valence-electron chi connectivity index (χ0n) is 13.4. The van der Waals surface area contributed by atoms with E-state index in [0.717, 1.165) is 47.2 Å². The molecule has 2 N–H and O–H groups in total. The predicted molar refractivity (Wildman–Crippen MR) is 94.9 cm³/mol. The maximum absolute atomic E-state index is 10.8. The number of unbranched alkanes of at least 4 members (excludes halogenated alkanes) is 1. The third-order valence-corrected chi connectivity index (χ3v) is 3.91. The quantitative estimate of drug-likeness (QED) is 0.561. The van der Waals surface area contributed by atoms with E-state index in [0.29, 0.717) is 6.42 Å². The average Bonchev–Trinajstić information content (AvgIpc) is 2.56. The lowest BCUT2D eigenvalue weighted by atomic mass is 9.95. The Morgan fingerprint density at radius 2 is 1.75 bits per heavy atom. The summed E-state index contributed by atoms with van der Waals surface area (Å²) in [6.07, 6.45) is 5.65. The van der Waals surface area contributed by atoms with Crippen LogP contribution in [-0.2, 0) is 16.0 Å². The molecule has 0 aliphatic heterocycles. The monoisotopic (exact) mass is 324 g/mol. The Morgan fingerprint density at radius 3 is 2.42 bits per heavy atom. The van der Waals surface area contributed by atoms with Crippen molar-refractivity contribution in [2.45, 2.75) is 25.7 Å². The first kappa shape index (κ1) is 17.5. The van der Waals surface area contributed by atoms with Gasteiger partial charge in [0.15, 0.2) is 0 Å². The average molecular weight is 324 g/mol. The van der Waals surface area contributed by atoms with Crippen molar-refractivity contribution in [1.82, 2.24) is 0 Å². The van der Waals surface area contributed by atoms with Gasteiger partial charge in [0.05, 0.1) is 0 Å². The molecule has 2 aromatic carbocycles. The minimum atomic E-state index is -0.975. The van der Waals surface area contributed by atoms with E-state index in [1.54, 1.807) is 6.08 Å². The molecule has 24 heavy (non-hydrogen) atoms. The Morgan fingerprint density at radius 1 is 1.04 bits per heavy atom. The second-order valence-corrected chi connectivity index (χ2v) is 5.65. The molecule has 0 bridgehead atoms. The van der Waals surface area contributed by atoms with Crippen molar-refractivity contribution >= 4 is 28.8 Å². The largest absolute Gasteiger partial charge is 0.478 e. The molecule has 0 spiro atoms. The van der Waals surface area contributed by atoms with Gasteiger partial charge in [-0.05, 0) is 53.7 Å². The molecule has 0 aliphatic carbocycles. The molecule has 0 unspecified atom stereocenters. The summed E-state index contributed by atoms with van der Waals surface area (Å²) in [5.74, 6) is -1.92. The van der Waals surface area contributed by atoms with Gasteiger partial charge < -0.3 is 10.2 Å². The molecule has 0 saturated carbocycles. The topological polar surface area (TPSA) is 74.6 Å². The molecule has 0 saturated heterocycles. The Balaban J connectivity index is 2.19. The maximum Gasteiger partial charge on any atom is 0.330 e. The maximum atomic E-state index is 10.8. The summed E-state index contributed by atoms with van der Waals surface area (Å²) in [4.78, 5) is 21.5. The number of hydrogen-bond donors (Lipinski definition) is 2. The summed E-state index contributed by atoms with van der Waals surface area (Å²) in [6, 6.07) is 11.8. The molecule has 0 aromatic heterocycles. The highest BCUT2D eigenvalue weighted by molar-refractivity contribution is 5.96. The van der Waals surface area contributed by atoms with Crippen LogP contribution in [0.15, 0.2) is 54.6 Å². The Hall–Kier alpha value is -2.88. The van der Waals surface area contributed by atoms with Crippen LogP contribution in [0.3, 0.4) is 0 Å². The summed E-state index contributed by atoms with van der Waals surface area (Å²) in [5.41, 5.74) is 2.25. The lowest BCUT2D eigenvalue weighted by molar-refractivity contribution is -0.133. The first-order chi connectivity index (χ1) is 11.5. The molecule has 2 rings (SSSR count). The van der Waals surface area contributed by atoms with E-state index < -0.39 is 11.9 Å². The van der Waals surface area contributed by atoms with Gasteiger partial charge in [0.25, 0.3) is 0 Å². The van der Waals surface area contributed by atoms with Crippen molar-refractivity contribution in [2.24, 2.45) is 0 Å². The molecule has 0 atom stereocenters. The molecule has 124 valence electrons. The molecule has 0 aliphatic rings. The van der Waals surface area contributed by atoms with Crippen LogP contribution in [-0.4, -0.2) is 22.2 Å². The number of carboxylic acid groups (broad SMARTS) is 2. The number of aryl methyl sites for hydroxylation is 1. The van der Waals surface area contributed by atoms with Gasteiger partial charge in [-0.15, -0.1) is 0 Å². The first-order valence-electron chi connectivity index (χ1n) is 7.81. The van der Waals surface area contributed by atoms with Crippen molar-refractivity contribution in [3.63, 3.8) is 0 Å². The lowest BCUT2D eigenvalue weighted by Crippen LogP contribution is -1.99. The third kappa shape index (κ3) is 4.56. The first-order valence-corrected chi connectivity index (χ1v) is 7.81. The van der Waals surface area contributed by atoms with Crippen LogP contribution in [0.25, 0.3) is 16.8 Å². The summed E-state index contributed by atoms with van der Waals surface area (Å²) < 4.78 is 0. The van der Waals surface area contributed by atoms with Gasteiger partial charge in [0.1, 0.15) is 0 Å². The van der Waals surface area contributed by atoms with Gasteiger partial charge in [0.2, 0.25) is 0 Å². The molecular weight excluding hydrogens is 304 g/mol. The molecule has 0 heterocycles. The number of hydrogen-bond acceptors (Lipinski definition) is 2. The third-order valence-electron chi connectivity index (χ3n) is 3.91. The number of rotatable bonds is 8. The van der Waals surface area contributed by atoms with E-state index in [1.165, 1.54) is 0 Å². The highest BCUT2D eigenvalue weighted by Gasteiger charge is 2.07. The van der Waals surface area contributed by atoms with E-state index >= 15 is 0 Å². The number of benzene rings is 2. The van der Waals surface area contributed by atoms with Gasteiger partial charge in [-0.3, -0.25) is 0 Å². The molecule has 0 amide bonds. The summed E-state index contributed by atoms with van der Waals surface area (Å²) in [6.45, 7) is 3.54. The van der Waals surface area contributed by atoms with Crippen LogP contribution in [0.1, 0.15) is 30.4 Å². The fourth-order valence-corrected chi connectivity index (χ4v) is 2.72. The minimum Gasteiger partial charge on any atom is -0.478 e. The van der Waals surface area contributed by atoms with Crippen molar-refractivity contribution in [2.75, 3.05) is 0 Å². The zero-order valence-corrected chi connectivity index (χ0v) is 13.4. The molecule has 0 radical (unpaired) electrons. The number of fused-ring (bicyclic) bond motifs is 1. The zero-order chi connectivity index (χ0) is 17.5. The van der Waals surface area contributed by atoms with Crippen molar-refractivity contribution in [3.05, 3.63) is 65.8 Å². The van der Waals surface area contributed by atoms with Crippen molar-refractivity contribution in [1.29, 1.82) is 0 Å². The molecule has 2 aromatic rings. The smallest absolute Gasteiger partial charge is 0.330 e.